The summed E-state index contributed by atoms with van der Waals surface area (Å²) in [6.07, 6.45) is 3.46. The molecule has 0 radical (unpaired) electrons. The van der Waals surface area contributed by atoms with E-state index >= 15 is 0 Å². The first kappa shape index (κ1) is 15.4. The first-order valence-electron chi connectivity index (χ1n) is 6.93. The molecule has 0 aliphatic heterocycles. The van der Waals surface area contributed by atoms with Gasteiger partial charge in [-0.05, 0) is 57.9 Å². The van der Waals surface area contributed by atoms with Gasteiger partial charge in [0.2, 0.25) is 5.88 Å². The Labute approximate surface area is 141 Å². The summed E-state index contributed by atoms with van der Waals surface area (Å²) in [5.74, 6) is 1.50. The Morgan fingerprint density at radius 1 is 0.957 bits per heavy atom. The molecular formula is C17H13BrFN3O. The maximum atomic E-state index is 12.8. The largest absolute Gasteiger partial charge is 0.439 e. The minimum absolute atomic E-state index is 0.298. The van der Waals surface area contributed by atoms with Gasteiger partial charge in [0.1, 0.15) is 17.4 Å². The second-order valence-corrected chi connectivity index (χ2v) is 5.69. The lowest BCUT2D eigenvalue weighted by atomic mass is 10.3. The zero-order chi connectivity index (χ0) is 16.1. The van der Waals surface area contributed by atoms with Crippen molar-refractivity contribution in [2.45, 2.75) is 6.54 Å². The quantitative estimate of drug-likeness (QED) is 0.698. The Morgan fingerprint density at radius 3 is 2.43 bits per heavy atom. The van der Waals surface area contributed by atoms with E-state index in [4.69, 9.17) is 4.74 Å². The van der Waals surface area contributed by atoms with Gasteiger partial charge >= 0.3 is 0 Å². The lowest BCUT2D eigenvalue weighted by Gasteiger charge is -2.07. The molecule has 3 aromatic rings. The van der Waals surface area contributed by atoms with Crippen LogP contribution in [-0.2, 0) is 6.54 Å². The normalized spacial score (nSPS) is 10.3. The molecule has 0 aliphatic carbocycles. The van der Waals surface area contributed by atoms with Gasteiger partial charge in [-0.2, -0.15) is 0 Å². The average molecular weight is 374 g/mol. The summed E-state index contributed by atoms with van der Waals surface area (Å²) < 4.78 is 19.3. The van der Waals surface area contributed by atoms with E-state index in [1.165, 1.54) is 12.1 Å². The SMILES string of the molecule is Fc1ccc(Oc2ccc(CNc3ccc(Br)cn3)cn2)cc1. The van der Waals surface area contributed by atoms with E-state index in [9.17, 15) is 4.39 Å². The van der Waals surface area contributed by atoms with Crippen LogP contribution in [0, 0.1) is 5.82 Å². The molecule has 23 heavy (non-hydrogen) atoms. The summed E-state index contributed by atoms with van der Waals surface area (Å²) in [5.41, 5.74) is 1.00. The molecular weight excluding hydrogens is 361 g/mol. The number of pyridine rings is 2. The first-order valence-corrected chi connectivity index (χ1v) is 7.72. The maximum Gasteiger partial charge on any atom is 0.219 e. The number of nitrogens with zero attached hydrogens (tertiary/aromatic N) is 2. The Hall–Kier alpha value is -2.47. The summed E-state index contributed by atoms with van der Waals surface area (Å²) in [6.45, 7) is 0.610. The van der Waals surface area contributed by atoms with Crippen molar-refractivity contribution in [2.24, 2.45) is 0 Å². The molecule has 116 valence electrons. The van der Waals surface area contributed by atoms with Crippen molar-refractivity contribution in [3.8, 4) is 11.6 Å². The zero-order valence-corrected chi connectivity index (χ0v) is 13.6. The van der Waals surface area contributed by atoms with Gasteiger partial charge in [0.05, 0.1) is 0 Å². The number of halogens is 2. The van der Waals surface area contributed by atoms with E-state index in [0.29, 0.717) is 18.2 Å². The van der Waals surface area contributed by atoms with Crippen LogP contribution in [0.5, 0.6) is 11.6 Å². The molecule has 6 heteroatoms. The van der Waals surface area contributed by atoms with Crippen LogP contribution < -0.4 is 10.1 Å². The van der Waals surface area contributed by atoms with E-state index in [1.807, 2.05) is 18.2 Å². The highest BCUT2D eigenvalue weighted by atomic mass is 79.9. The van der Waals surface area contributed by atoms with Crippen LogP contribution in [0.3, 0.4) is 0 Å². The lowest BCUT2D eigenvalue weighted by molar-refractivity contribution is 0.461. The predicted molar refractivity (Wildman–Crippen MR) is 90.0 cm³/mol. The number of hydrogen-bond acceptors (Lipinski definition) is 4. The third kappa shape index (κ3) is 4.50. The molecule has 0 spiro atoms. The molecule has 3 rings (SSSR count). The highest BCUT2D eigenvalue weighted by Crippen LogP contribution is 2.19. The van der Waals surface area contributed by atoms with Crippen molar-refractivity contribution >= 4 is 21.7 Å². The number of benzene rings is 1. The second kappa shape index (κ2) is 7.19. The van der Waals surface area contributed by atoms with Crippen LogP contribution in [0.15, 0.2) is 65.4 Å². The standard InChI is InChI=1S/C17H13BrFN3O/c18-13-2-7-16(21-11-13)20-9-12-1-8-17(22-10-12)23-15-5-3-14(19)4-6-15/h1-8,10-11H,9H2,(H,20,21). The molecule has 0 saturated heterocycles. The number of hydrogen-bond donors (Lipinski definition) is 1. The van der Waals surface area contributed by atoms with E-state index in [1.54, 1.807) is 30.6 Å². The van der Waals surface area contributed by atoms with Gasteiger partial charge in [0.15, 0.2) is 0 Å². The minimum atomic E-state index is -0.298. The fraction of sp³-hybridized carbons (Fsp3) is 0.0588. The molecule has 2 aromatic heterocycles. The third-order valence-corrected chi connectivity index (χ3v) is 3.50. The van der Waals surface area contributed by atoms with Crippen molar-refractivity contribution in [2.75, 3.05) is 5.32 Å². The van der Waals surface area contributed by atoms with E-state index < -0.39 is 0 Å². The van der Waals surface area contributed by atoms with Crippen molar-refractivity contribution in [3.05, 3.63) is 76.8 Å². The smallest absolute Gasteiger partial charge is 0.219 e. The lowest BCUT2D eigenvalue weighted by Crippen LogP contribution is -2.01. The van der Waals surface area contributed by atoms with Crippen LogP contribution in [0.2, 0.25) is 0 Å². The molecule has 0 saturated carbocycles. The molecule has 0 amide bonds. The molecule has 0 atom stereocenters. The van der Waals surface area contributed by atoms with E-state index in [-0.39, 0.29) is 5.82 Å². The summed E-state index contributed by atoms with van der Waals surface area (Å²) in [5, 5.41) is 3.21. The summed E-state index contributed by atoms with van der Waals surface area (Å²) >= 11 is 3.35. The highest BCUT2D eigenvalue weighted by molar-refractivity contribution is 9.10. The minimum Gasteiger partial charge on any atom is -0.439 e. The van der Waals surface area contributed by atoms with Gasteiger partial charge in [0.25, 0.3) is 0 Å². The van der Waals surface area contributed by atoms with Crippen LogP contribution in [0.1, 0.15) is 5.56 Å². The molecule has 0 fully saturated rings. The molecule has 4 nitrogen and oxygen atoms in total. The summed E-state index contributed by atoms with van der Waals surface area (Å²) in [4.78, 5) is 8.48. The fourth-order valence-corrected chi connectivity index (χ4v) is 2.11. The van der Waals surface area contributed by atoms with Crippen molar-refractivity contribution in [1.29, 1.82) is 0 Å². The molecule has 1 N–H and O–H groups in total. The summed E-state index contributed by atoms with van der Waals surface area (Å²) in [6, 6.07) is 13.3. The highest BCUT2D eigenvalue weighted by Gasteiger charge is 2.01. The van der Waals surface area contributed by atoms with Crippen LogP contribution in [0.4, 0.5) is 10.2 Å². The monoisotopic (exact) mass is 373 g/mol. The van der Waals surface area contributed by atoms with Gasteiger partial charge in [0, 0.05) is 29.5 Å². The number of ether oxygens (including phenoxy) is 1. The number of aromatic nitrogens is 2. The van der Waals surface area contributed by atoms with E-state index in [2.05, 4.69) is 31.2 Å². The number of anilines is 1. The maximum absolute atomic E-state index is 12.8. The molecule has 0 unspecified atom stereocenters. The van der Waals surface area contributed by atoms with Gasteiger partial charge < -0.3 is 10.1 Å². The number of nitrogens with one attached hydrogen (secondary N) is 1. The molecule has 0 bridgehead atoms. The van der Waals surface area contributed by atoms with Gasteiger partial charge in [-0.1, -0.05) is 6.07 Å². The Kier molecular flexibility index (Phi) is 4.83. The van der Waals surface area contributed by atoms with Crippen LogP contribution in [-0.4, -0.2) is 9.97 Å². The molecule has 0 aliphatic rings. The van der Waals surface area contributed by atoms with Gasteiger partial charge in [-0.3, -0.25) is 0 Å². The number of rotatable bonds is 5. The zero-order valence-electron chi connectivity index (χ0n) is 12.0. The van der Waals surface area contributed by atoms with Gasteiger partial charge in [-0.15, -0.1) is 0 Å². The summed E-state index contributed by atoms with van der Waals surface area (Å²) in [7, 11) is 0. The Balaban J connectivity index is 1.58. The van der Waals surface area contributed by atoms with Crippen molar-refractivity contribution in [1.82, 2.24) is 9.97 Å². The third-order valence-electron chi connectivity index (χ3n) is 3.03. The molecule has 2 heterocycles. The Bertz CT molecular complexity index is 761. The average Bonchev–Trinajstić information content (AvgIpc) is 2.58. The first-order chi connectivity index (χ1) is 11.2. The van der Waals surface area contributed by atoms with Gasteiger partial charge in [-0.25, -0.2) is 14.4 Å². The topological polar surface area (TPSA) is 47.0 Å². The van der Waals surface area contributed by atoms with Crippen molar-refractivity contribution in [3.63, 3.8) is 0 Å². The fourth-order valence-electron chi connectivity index (χ4n) is 1.87. The second-order valence-electron chi connectivity index (χ2n) is 4.78. The van der Waals surface area contributed by atoms with Crippen LogP contribution in [0.25, 0.3) is 0 Å². The molecule has 1 aromatic carbocycles. The van der Waals surface area contributed by atoms with Crippen molar-refractivity contribution < 1.29 is 9.13 Å². The van der Waals surface area contributed by atoms with E-state index in [0.717, 1.165) is 15.9 Å². The van der Waals surface area contributed by atoms with Crippen LogP contribution >= 0.6 is 15.9 Å². The Morgan fingerprint density at radius 2 is 1.78 bits per heavy atom. The predicted octanol–water partition coefficient (Wildman–Crippen LogP) is 4.78.